The molecule has 0 amide bonds. The summed E-state index contributed by atoms with van der Waals surface area (Å²) in [5, 5.41) is 11.7. The molecule has 1 aliphatic rings. The van der Waals surface area contributed by atoms with Crippen molar-refractivity contribution in [3.8, 4) is 5.75 Å². The van der Waals surface area contributed by atoms with E-state index in [0.29, 0.717) is 18.2 Å². The fraction of sp³-hybridized carbons (Fsp3) is 0.214. The van der Waals surface area contributed by atoms with Crippen LogP contribution in [0, 0.1) is 0 Å². The van der Waals surface area contributed by atoms with Gasteiger partial charge in [0.1, 0.15) is 11.4 Å². The van der Waals surface area contributed by atoms with E-state index in [2.05, 4.69) is 15.1 Å². The number of rotatable bonds is 2. The van der Waals surface area contributed by atoms with Crippen LogP contribution in [-0.4, -0.2) is 34.2 Å². The van der Waals surface area contributed by atoms with Crippen LogP contribution in [0.2, 0.25) is 0 Å². The lowest BCUT2D eigenvalue weighted by Crippen LogP contribution is -2.22. The highest BCUT2D eigenvalue weighted by molar-refractivity contribution is 5.95. The Morgan fingerprint density at radius 1 is 1.33 bits per heavy atom. The largest absolute Gasteiger partial charge is 0.491 e. The molecule has 1 aliphatic heterocycles. The highest BCUT2D eigenvalue weighted by Crippen LogP contribution is 2.33. The van der Waals surface area contributed by atoms with E-state index in [0.717, 1.165) is 24.4 Å². The van der Waals surface area contributed by atoms with Gasteiger partial charge in [-0.15, -0.1) is 0 Å². The smallest absolute Gasteiger partial charge is 0.230 e. The summed E-state index contributed by atoms with van der Waals surface area (Å²) >= 11 is 0. The molecular weight excluding hydrogens is 270 g/mol. The zero-order valence-electron chi connectivity index (χ0n) is 11.3. The van der Waals surface area contributed by atoms with E-state index < -0.39 is 0 Å². The van der Waals surface area contributed by atoms with Crippen LogP contribution in [-0.2, 0) is 0 Å². The molecule has 0 aliphatic carbocycles. The van der Waals surface area contributed by atoms with Crippen LogP contribution in [0.15, 0.2) is 41.7 Å². The maximum atomic E-state index is 8.76. The third kappa shape index (κ3) is 2.58. The Balaban J connectivity index is 2.04. The SMILES string of the molecule is N/C(=N/O)c1ccnc(N2CCCOc3ccccc32)n1. The number of fused-ring (bicyclic) bond motifs is 1. The summed E-state index contributed by atoms with van der Waals surface area (Å²) < 4.78 is 5.71. The van der Waals surface area contributed by atoms with Crippen LogP contribution in [0.3, 0.4) is 0 Å². The Bertz CT molecular complexity index is 674. The van der Waals surface area contributed by atoms with Gasteiger partial charge in [0.2, 0.25) is 5.95 Å². The van der Waals surface area contributed by atoms with E-state index in [-0.39, 0.29) is 5.84 Å². The number of aromatic nitrogens is 2. The molecule has 0 radical (unpaired) electrons. The normalized spacial score (nSPS) is 15.0. The molecule has 2 aromatic rings. The van der Waals surface area contributed by atoms with Crippen LogP contribution >= 0.6 is 0 Å². The minimum Gasteiger partial charge on any atom is -0.491 e. The minimum atomic E-state index is -0.0435. The lowest BCUT2D eigenvalue weighted by molar-refractivity contribution is 0.318. The Kier molecular flexibility index (Phi) is 3.55. The van der Waals surface area contributed by atoms with E-state index in [9.17, 15) is 0 Å². The molecule has 2 heterocycles. The summed E-state index contributed by atoms with van der Waals surface area (Å²) in [7, 11) is 0. The predicted molar refractivity (Wildman–Crippen MR) is 78.1 cm³/mol. The van der Waals surface area contributed by atoms with Gasteiger partial charge in [-0.25, -0.2) is 9.97 Å². The lowest BCUT2D eigenvalue weighted by atomic mass is 10.2. The average molecular weight is 285 g/mol. The summed E-state index contributed by atoms with van der Waals surface area (Å²) in [4.78, 5) is 10.6. The van der Waals surface area contributed by atoms with Gasteiger partial charge in [-0.3, -0.25) is 0 Å². The van der Waals surface area contributed by atoms with Crippen molar-refractivity contribution in [3.05, 3.63) is 42.2 Å². The summed E-state index contributed by atoms with van der Waals surface area (Å²) in [5.41, 5.74) is 6.87. The van der Waals surface area contributed by atoms with Gasteiger partial charge in [0, 0.05) is 12.7 Å². The molecule has 21 heavy (non-hydrogen) atoms. The number of hydrogen-bond donors (Lipinski definition) is 2. The lowest BCUT2D eigenvalue weighted by Gasteiger charge is -2.21. The fourth-order valence-electron chi connectivity index (χ4n) is 2.21. The quantitative estimate of drug-likeness (QED) is 0.375. The Labute approximate surface area is 121 Å². The predicted octanol–water partition coefficient (Wildman–Crippen LogP) is 1.49. The van der Waals surface area contributed by atoms with E-state index in [1.54, 1.807) is 12.3 Å². The maximum Gasteiger partial charge on any atom is 0.230 e. The molecule has 7 nitrogen and oxygen atoms in total. The highest BCUT2D eigenvalue weighted by atomic mass is 16.5. The molecule has 0 fully saturated rings. The molecule has 0 bridgehead atoms. The molecule has 0 atom stereocenters. The van der Waals surface area contributed by atoms with Gasteiger partial charge >= 0.3 is 0 Å². The number of benzene rings is 1. The van der Waals surface area contributed by atoms with Crippen molar-refractivity contribution in [2.45, 2.75) is 6.42 Å². The van der Waals surface area contributed by atoms with Crippen molar-refractivity contribution >= 4 is 17.5 Å². The van der Waals surface area contributed by atoms with Gasteiger partial charge in [0.25, 0.3) is 0 Å². The third-order valence-electron chi connectivity index (χ3n) is 3.19. The van der Waals surface area contributed by atoms with Gasteiger partial charge in [-0.1, -0.05) is 17.3 Å². The number of ether oxygens (including phenoxy) is 1. The Morgan fingerprint density at radius 2 is 2.19 bits per heavy atom. The van der Waals surface area contributed by atoms with Crippen molar-refractivity contribution in [1.29, 1.82) is 0 Å². The van der Waals surface area contributed by atoms with Crippen molar-refractivity contribution in [3.63, 3.8) is 0 Å². The molecule has 0 saturated carbocycles. The zero-order chi connectivity index (χ0) is 14.7. The van der Waals surface area contributed by atoms with Gasteiger partial charge in [-0.2, -0.15) is 0 Å². The van der Waals surface area contributed by atoms with Crippen molar-refractivity contribution in [2.24, 2.45) is 10.9 Å². The molecule has 7 heteroatoms. The summed E-state index contributed by atoms with van der Waals surface area (Å²) in [6, 6.07) is 9.34. The molecule has 3 rings (SSSR count). The van der Waals surface area contributed by atoms with Gasteiger partial charge in [-0.05, 0) is 24.6 Å². The number of amidine groups is 1. The number of para-hydroxylation sites is 2. The van der Waals surface area contributed by atoms with E-state index in [1.807, 2.05) is 29.2 Å². The molecular formula is C14H15N5O2. The Morgan fingerprint density at radius 3 is 3.05 bits per heavy atom. The summed E-state index contributed by atoms with van der Waals surface area (Å²) in [5.74, 6) is 1.25. The topological polar surface area (TPSA) is 96.9 Å². The van der Waals surface area contributed by atoms with Crippen LogP contribution in [0.5, 0.6) is 5.75 Å². The fourth-order valence-corrected chi connectivity index (χ4v) is 2.21. The van der Waals surface area contributed by atoms with Crippen LogP contribution in [0.1, 0.15) is 12.1 Å². The molecule has 0 saturated heterocycles. The van der Waals surface area contributed by atoms with Gasteiger partial charge < -0.3 is 20.6 Å². The first-order chi connectivity index (χ1) is 10.3. The summed E-state index contributed by atoms with van der Waals surface area (Å²) in [6.07, 6.45) is 2.44. The second-order valence-corrected chi connectivity index (χ2v) is 4.55. The second-order valence-electron chi connectivity index (χ2n) is 4.55. The molecule has 0 spiro atoms. The zero-order valence-corrected chi connectivity index (χ0v) is 11.3. The van der Waals surface area contributed by atoms with Crippen LogP contribution < -0.4 is 15.4 Å². The molecule has 1 aromatic heterocycles. The number of nitrogens with zero attached hydrogens (tertiary/aromatic N) is 4. The number of anilines is 2. The monoisotopic (exact) mass is 285 g/mol. The highest BCUT2D eigenvalue weighted by Gasteiger charge is 2.20. The van der Waals surface area contributed by atoms with E-state index in [4.69, 9.17) is 15.7 Å². The van der Waals surface area contributed by atoms with E-state index >= 15 is 0 Å². The Hall–Kier alpha value is -2.83. The van der Waals surface area contributed by atoms with Crippen LogP contribution in [0.4, 0.5) is 11.6 Å². The molecule has 1 aromatic carbocycles. The third-order valence-corrected chi connectivity index (χ3v) is 3.19. The standard InChI is InChI=1S/C14H15N5O2/c15-13(18-20)10-6-7-16-14(17-10)19-8-3-9-21-12-5-2-1-4-11(12)19/h1-2,4-7,20H,3,8-9H2,(H2,15,18). The maximum absolute atomic E-state index is 8.76. The van der Waals surface area contributed by atoms with Crippen molar-refractivity contribution < 1.29 is 9.94 Å². The first-order valence-electron chi connectivity index (χ1n) is 6.60. The molecule has 0 unspecified atom stereocenters. The van der Waals surface area contributed by atoms with E-state index in [1.165, 1.54) is 0 Å². The summed E-state index contributed by atoms with van der Waals surface area (Å²) in [6.45, 7) is 1.38. The average Bonchev–Trinajstić information content (AvgIpc) is 2.76. The van der Waals surface area contributed by atoms with Gasteiger partial charge in [0.15, 0.2) is 5.84 Å². The number of nitrogens with two attached hydrogens (primary N) is 1. The number of hydrogen-bond acceptors (Lipinski definition) is 6. The minimum absolute atomic E-state index is 0.0435. The van der Waals surface area contributed by atoms with Crippen molar-refractivity contribution in [2.75, 3.05) is 18.1 Å². The van der Waals surface area contributed by atoms with Crippen molar-refractivity contribution in [1.82, 2.24) is 9.97 Å². The molecule has 108 valence electrons. The second kappa shape index (κ2) is 5.66. The van der Waals surface area contributed by atoms with Crippen LogP contribution in [0.25, 0.3) is 0 Å². The van der Waals surface area contributed by atoms with Gasteiger partial charge in [0.05, 0.1) is 12.3 Å². The first kappa shape index (κ1) is 13.2. The number of oxime groups is 1. The molecule has 3 N–H and O–H groups in total. The first-order valence-corrected chi connectivity index (χ1v) is 6.60.